The molecule has 0 N–H and O–H groups in total. The highest BCUT2D eigenvalue weighted by Gasteiger charge is 1.98. The number of thiol groups is 1. The highest BCUT2D eigenvalue weighted by atomic mass is 32.2. The molecule has 0 aliphatic rings. The van der Waals surface area contributed by atoms with Crippen LogP contribution in [0.4, 0.5) is 0 Å². The molecule has 0 aliphatic carbocycles. The fourth-order valence-electron chi connectivity index (χ4n) is 0.539. The van der Waals surface area contributed by atoms with E-state index in [1.165, 1.54) is 4.21 Å². The van der Waals surface area contributed by atoms with Gasteiger partial charge in [-0.1, -0.05) is 0 Å². The topological polar surface area (TPSA) is 3.24 Å². The monoisotopic (exact) mass is 191 g/mol. The largest absolute Gasteiger partial charge is 0.252 e. The van der Waals surface area contributed by atoms with Crippen molar-refractivity contribution >= 4 is 35.9 Å². The van der Waals surface area contributed by atoms with Gasteiger partial charge in [0, 0.05) is 0 Å². The molecule has 56 valence electrons. The van der Waals surface area contributed by atoms with Crippen LogP contribution < -0.4 is 0 Å². The molecule has 0 saturated carbocycles. The first-order chi connectivity index (χ1) is 4.68. The van der Waals surface area contributed by atoms with Gasteiger partial charge in [-0.15, -0.1) is 24.0 Å². The molecule has 1 aromatic rings. The van der Waals surface area contributed by atoms with Crippen molar-refractivity contribution in [2.75, 3.05) is 14.1 Å². The molecule has 0 fully saturated rings. The van der Waals surface area contributed by atoms with Gasteiger partial charge in [0.05, 0.1) is 8.42 Å². The maximum Gasteiger partial charge on any atom is 0.0765 e. The number of hydrogen-bond donors (Lipinski definition) is 1. The van der Waals surface area contributed by atoms with E-state index >= 15 is 0 Å². The minimum absolute atomic E-state index is 1.07. The summed E-state index contributed by atoms with van der Waals surface area (Å²) >= 11 is 7.64. The second-order valence-electron chi connectivity index (χ2n) is 2.00. The molecule has 1 nitrogen and oxygen atoms in total. The summed E-state index contributed by atoms with van der Waals surface area (Å²) in [4.78, 5) is 0. The summed E-state index contributed by atoms with van der Waals surface area (Å²) < 4.78 is 4.43. The first kappa shape index (κ1) is 8.46. The van der Waals surface area contributed by atoms with Crippen LogP contribution in [0.25, 0.3) is 0 Å². The third-order valence-electron chi connectivity index (χ3n) is 0.840. The Labute approximate surface area is 75.0 Å². The Bertz CT molecular complexity index is 207. The fourth-order valence-corrected chi connectivity index (χ4v) is 2.93. The van der Waals surface area contributed by atoms with Gasteiger partial charge in [0.15, 0.2) is 0 Å². The first-order valence-electron chi connectivity index (χ1n) is 2.82. The second kappa shape index (κ2) is 3.67. The maximum atomic E-state index is 4.21. The lowest BCUT2D eigenvalue weighted by Crippen LogP contribution is -1.96. The SMILES string of the molecule is CN(C)Sc1ccc(S)s1. The highest BCUT2D eigenvalue weighted by Crippen LogP contribution is 2.29. The molecule has 0 atom stereocenters. The standard InChI is InChI=1S/C6H9NS3/c1-7(2)10-6-4-3-5(8)9-6/h3-4,8H,1-2H3. The summed E-state index contributed by atoms with van der Waals surface area (Å²) in [5.74, 6) is 0. The predicted octanol–water partition coefficient (Wildman–Crippen LogP) is 2.61. The predicted molar refractivity (Wildman–Crippen MR) is 51.1 cm³/mol. The summed E-state index contributed by atoms with van der Waals surface area (Å²) in [6.45, 7) is 0. The van der Waals surface area contributed by atoms with E-state index in [9.17, 15) is 0 Å². The summed E-state index contributed by atoms with van der Waals surface area (Å²) in [6, 6.07) is 4.09. The number of rotatable bonds is 2. The van der Waals surface area contributed by atoms with Crippen LogP contribution in [0.2, 0.25) is 0 Å². The van der Waals surface area contributed by atoms with Crippen LogP contribution in [0.15, 0.2) is 20.6 Å². The third kappa shape index (κ3) is 2.54. The molecule has 0 spiro atoms. The molecule has 10 heavy (non-hydrogen) atoms. The molecule has 0 radical (unpaired) electrons. The Morgan fingerprint density at radius 2 is 2.20 bits per heavy atom. The molecule has 1 heterocycles. The molecule has 4 heteroatoms. The zero-order valence-electron chi connectivity index (χ0n) is 5.87. The van der Waals surface area contributed by atoms with E-state index in [0.29, 0.717) is 0 Å². The minimum Gasteiger partial charge on any atom is -0.252 e. The van der Waals surface area contributed by atoms with Crippen molar-refractivity contribution in [2.24, 2.45) is 0 Å². The molecule has 0 saturated heterocycles. The van der Waals surface area contributed by atoms with E-state index < -0.39 is 0 Å². The van der Waals surface area contributed by atoms with Gasteiger partial charge >= 0.3 is 0 Å². The number of thiophene rings is 1. The lowest BCUT2D eigenvalue weighted by molar-refractivity contribution is 0.704. The lowest BCUT2D eigenvalue weighted by atomic mass is 10.7. The molecule has 1 aromatic heterocycles. The fraction of sp³-hybridized carbons (Fsp3) is 0.333. The van der Waals surface area contributed by atoms with E-state index in [4.69, 9.17) is 0 Å². The third-order valence-corrected chi connectivity index (χ3v) is 3.10. The molecule has 0 aromatic carbocycles. The molecule has 0 amide bonds. The smallest absolute Gasteiger partial charge is 0.0765 e. The van der Waals surface area contributed by atoms with Gasteiger partial charge in [0.2, 0.25) is 0 Å². The number of hydrogen-bond acceptors (Lipinski definition) is 4. The van der Waals surface area contributed by atoms with Crippen molar-refractivity contribution in [3.8, 4) is 0 Å². The summed E-state index contributed by atoms with van der Waals surface area (Å²) in [7, 11) is 4.06. The molecule has 0 unspecified atom stereocenters. The Morgan fingerprint density at radius 3 is 2.60 bits per heavy atom. The van der Waals surface area contributed by atoms with Crippen LogP contribution >= 0.6 is 35.9 Å². The van der Waals surface area contributed by atoms with E-state index in [0.717, 1.165) is 4.21 Å². The molecule has 1 rings (SSSR count). The Kier molecular flexibility index (Phi) is 3.10. The zero-order chi connectivity index (χ0) is 7.56. The van der Waals surface area contributed by atoms with Gasteiger partial charge in [0.25, 0.3) is 0 Å². The van der Waals surface area contributed by atoms with Crippen molar-refractivity contribution in [3.05, 3.63) is 12.1 Å². The summed E-state index contributed by atoms with van der Waals surface area (Å²) in [5.41, 5.74) is 0. The van der Waals surface area contributed by atoms with Gasteiger partial charge in [-0.25, -0.2) is 0 Å². The average molecular weight is 191 g/mol. The quantitative estimate of drug-likeness (QED) is 0.565. The van der Waals surface area contributed by atoms with E-state index in [1.54, 1.807) is 23.3 Å². The van der Waals surface area contributed by atoms with Crippen molar-refractivity contribution < 1.29 is 0 Å². The van der Waals surface area contributed by atoms with Gasteiger partial charge < -0.3 is 0 Å². The molecule has 0 aliphatic heterocycles. The second-order valence-corrected chi connectivity index (χ2v) is 5.48. The van der Waals surface area contributed by atoms with Crippen LogP contribution in [0.5, 0.6) is 0 Å². The van der Waals surface area contributed by atoms with Crippen LogP contribution in [0, 0.1) is 0 Å². The van der Waals surface area contributed by atoms with E-state index in [2.05, 4.69) is 23.0 Å². The maximum absolute atomic E-state index is 4.21. The van der Waals surface area contributed by atoms with Crippen LogP contribution in [0.1, 0.15) is 0 Å². The summed E-state index contributed by atoms with van der Waals surface area (Å²) in [5, 5.41) is 0. The van der Waals surface area contributed by atoms with Crippen molar-refractivity contribution in [3.63, 3.8) is 0 Å². The Balaban J connectivity index is 2.58. The summed E-state index contributed by atoms with van der Waals surface area (Å²) in [6.07, 6.45) is 0. The average Bonchev–Trinajstić information content (AvgIpc) is 2.13. The molecule has 0 bridgehead atoms. The first-order valence-corrected chi connectivity index (χ1v) is 4.86. The van der Waals surface area contributed by atoms with Crippen molar-refractivity contribution in [2.45, 2.75) is 8.42 Å². The van der Waals surface area contributed by atoms with E-state index in [-0.39, 0.29) is 0 Å². The normalized spacial score (nSPS) is 10.8. The zero-order valence-corrected chi connectivity index (χ0v) is 8.39. The highest BCUT2D eigenvalue weighted by molar-refractivity contribution is 7.99. The lowest BCUT2D eigenvalue weighted by Gasteiger charge is -2.03. The van der Waals surface area contributed by atoms with Gasteiger partial charge in [-0.2, -0.15) is 0 Å². The Morgan fingerprint density at radius 1 is 1.50 bits per heavy atom. The van der Waals surface area contributed by atoms with Gasteiger partial charge in [-0.3, -0.25) is 4.31 Å². The van der Waals surface area contributed by atoms with Crippen LogP contribution in [-0.4, -0.2) is 18.4 Å². The van der Waals surface area contributed by atoms with Gasteiger partial charge in [-0.05, 0) is 38.2 Å². The van der Waals surface area contributed by atoms with Crippen LogP contribution in [-0.2, 0) is 0 Å². The van der Waals surface area contributed by atoms with Crippen LogP contribution in [0.3, 0.4) is 0 Å². The Hall–Kier alpha value is 0.360. The van der Waals surface area contributed by atoms with Crippen molar-refractivity contribution in [1.29, 1.82) is 0 Å². The number of nitrogens with zero attached hydrogens (tertiary/aromatic N) is 1. The molecular weight excluding hydrogens is 182 g/mol. The van der Waals surface area contributed by atoms with Gasteiger partial charge in [0.1, 0.15) is 0 Å². The molecular formula is C6H9NS3. The van der Waals surface area contributed by atoms with E-state index in [1.807, 2.05) is 20.2 Å². The minimum atomic E-state index is 1.07. The van der Waals surface area contributed by atoms with Crippen molar-refractivity contribution in [1.82, 2.24) is 4.31 Å².